The smallest absolute Gasteiger partial charge is 0.336 e. The maximum atomic E-state index is 12.8. The maximum absolute atomic E-state index is 12.8. The highest BCUT2D eigenvalue weighted by atomic mass is 16.5. The summed E-state index contributed by atoms with van der Waals surface area (Å²) in [6.45, 7) is 7.82. The van der Waals surface area contributed by atoms with E-state index in [0.717, 1.165) is 16.5 Å². The molecule has 3 unspecified atom stereocenters. The lowest BCUT2D eigenvalue weighted by Crippen LogP contribution is -2.53. The summed E-state index contributed by atoms with van der Waals surface area (Å²) in [5, 5.41) is 0.752. The summed E-state index contributed by atoms with van der Waals surface area (Å²) in [4.78, 5) is 24.8. The van der Waals surface area contributed by atoms with Gasteiger partial charge in [0.1, 0.15) is 17.5 Å². The second-order valence-corrected chi connectivity index (χ2v) is 7.51. The fraction of sp³-hybridized carbons (Fsp3) is 0.500. The van der Waals surface area contributed by atoms with Crippen LogP contribution < -0.4 is 16.3 Å². The minimum atomic E-state index is -0.471. The molecule has 1 aromatic rings. The molecular formula is C20H22O5. The first-order chi connectivity index (χ1) is 11.8. The van der Waals surface area contributed by atoms with E-state index in [2.05, 4.69) is 6.08 Å². The molecule has 3 heterocycles. The number of carbonyl (C=O) groups excluding carboxylic acids is 1. The fourth-order valence-corrected chi connectivity index (χ4v) is 3.96. The third-order valence-corrected chi connectivity index (χ3v) is 5.06. The Kier molecular flexibility index (Phi) is 3.55. The zero-order valence-corrected chi connectivity index (χ0v) is 14.9. The van der Waals surface area contributed by atoms with E-state index in [4.69, 9.17) is 13.9 Å². The average Bonchev–Trinajstić information content (AvgIpc) is 2.52. The highest BCUT2D eigenvalue weighted by Crippen LogP contribution is 2.39. The molecule has 1 saturated heterocycles. The zero-order valence-electron chi connectivity index (χ0n) is 14.9. The van der Waals surface area contributed by atoms with Crippen LogP contribution in [0.5, 0.6) is 0 Å². The average molecular weight is 342 g/mol. The van der Waals surface area contributed by atoms with E-state index in [1.54, 1.807) is 0 Å². The molecular weight excluding hydrogens is 320 g/mol. The molecule has 0 amide bonds. The lowest BCUT2D eigenvalue weighted by atomic mass is 9.80. The van der Waals surface area contributed by atoms with E-state index in [1.807, 2.05) is 33.8 Å². The molecule has 1 aromatic heterocycles. The number of carbonyl (C=O) groups is 1. The van der Waals surface area contributed by atoms with Crippen LogP contribution in [0.15, 0.2) is 27.4 Å². The minimum absolute atomic E-state index is 0.0151. The van der Waals surface area contributed by atoms with Crippen molar-refractivity contribution in [2.24, 2.45) is 5.92 Å². The monoisotopic (exact) mass is 342 g/mol. The molecule has 1 aliphatic carbocycles. The Morgan fingerprint density at radius 3 is 2.76 bits per heavy atom. The minimum Gasteiger partial charge on any atom is -0.487 e. The van der Waals surface area contributed by atoms with Crippen LogP contribution in [0.2, 0.25) is 0 Å². The van der Waals surface area contributed by atoms with E-state index >= 15 is 0 Å². The van der Waals surface area contributed by atoms with Crippen molar-refractivity contribution in [2.75, 3.05) is 0 Å². The van der Waals surface area contributed by atoms with Crippen LogP contribution in [0.1, 0.15) is 39.7 Å². The Morgan fingerprint density at radius 1 is 1.28 bits per heavy atom. The third kappa shape index (κ3) is 2.49. The molecule has 0 N–H and O–H groups in total. The molecule has 132 valence electrons. The summed E-state index contributed by atoms with van der Waals surface area (Å²) in [6, 6.07) is 1.50. The van der Waals surface area contributed by atoms with E-state index < -0.39 is 17.3 Å². The van der Waals surface area contributed by atoms with Crippen LogP contribution in [0, 0.1) is 5.92 Å². The van der Waals surface area contributed by atoms with Crippen molar-refractivity contribution in [1.29, 1.82) is 0 Å². The SMILES string of the molecule is CCc1cc(=O)oc2c1=C1OC(C)(C)C=CC1C1OC(C)CC(=O)C=21. The van der Waals surface area contributed by atoms with Crippen molar-refractivity contribution in [2.45, 2.75) is 58.3 Å². The molecule has 1 fully saturated rings. The van der Waals surface area contributed by atoms with Crippen molar-refractivity contribution >= 4 is 17.1 Å². The molecule has 0 saturated carbocycles. The number of fused-ring (bicyclic) bond motifs is 4. The number of rotatable bonds is 1. The Balaban J connectivity index is 2.16. The Labute approximate surface area is 145 Å². The molecule has 2 aliphatic heterocycles. The first kappa shape index (κ1) is 16.3. The molecule has 0 aromatic carbocycles. The zero-order chi connectivity index (χ0) is 17.9. The molecule has 5 nitrogen and oxygen atoms in total. The van der Waals surface area contributed by atoms with Crippen molar-refractivity contribution in [3.63, 3.8) is 0 Å². The van der Waals surface area contributed by atoms with Gasteiger partial charge in [-0.05, 0) is 38.8 Å². The molecule has 4 rings (SSSR count). The van der Waals surface area contributed by atoms with Gasteiger partial charge in [0.2, 0.25) is 0 Å². The fourth-order valence-electron chi connectivity index (χ4n) is 3.96. The van der Waals surface area contributed by atoms with Gasteiger partial charge in [0.25, 0.3) is 0 Å². The van der Waals surface area contributed by atoms with Gasteiger partial charge in [-0.1, -0.05) is 13.0 Å². The third-order valence-electron chi connectivity index (χ3n) is 5.06. The normalized spacial score (nSPS) is 29.6. The van der Waals surface area contributed by atoms with E-state index in [0.29, 0.717) is 23.8 Å². The summed E-state index contributed by atoms with van der Waals surface area (Å²) < 4.78 is 17.9. The first-order valence-electron chi connectivity index (χ1n) is 8.79. The van der Waals surface area contributed by atoms with E-state index in [1.165, 1.54) is 6.07 Å². The lowest BCUT2D eigenvalue weighted by molar-refractivity contribution is -0.123. The van der Waals surface area contributed by atoms with Gasteiger partial charge in [-0.3, -0.25) is 4.79 Å². The second-order valence-electron chi connectivity index (χ2n) is 7.51. The second kappa shape index (κ2) is 5.43. The maximum Gasteiger partial charge on any atom is 0.336 e. The van der Waals surface area contributed by atoms with Gasteiger partial charge in [-0.2, -0.15) is 0 Å². The van der Waals surface area contributed by atoms with E-state index in [-0.39, 0.29) is 17.8 Å². The van der Waals surface area contributed by atoms with Crippen LogP contribution >= 0.6 is 0 Å². The number of ether oxygens (including phenoxy) is 2. The number of ketones is 1. The van der Waals surface area contributed by atoms with Crippen molar-refractivity contribution < 1.29 is 18.7 Å². The van der Waals surface area contributed by atoms with Crippen molar-refractivity contribution in [1.82, 2.24) is 0 Å². The predicted octanol–water partition coefficient (Wildman–Crippen LogP) is 1.20. The lowest BCUT2D eigenvalue weighted by Gasteiger charge is -2.41. The highest BCUT2D eigenvalue weighted by molar-refractivity contribution is 6.17. The molecule has 25 heavy (non-hydrogen) atoms. The van der Waals surface area contributed by atoms with Gasteiger partial charge in [0, 0.05) is 12.5 Å². The van der Waals surface area contributed by atoms with Crippen molar-refractivity contribution in [3.8, 4) is 0 Å². The van der Waals surface area contributed by atoms with Crippen LogP contribution in [0.25, 0.3) is 11.3 Å². The van der Waals surface area contributed by atoms with Crippen LogP contribution in [0.4, 0.5) is 0 Å². The molecule has 3 atom stereocenters. The van der Waals surface area contributed by atoms with E-state index in [9.17, 15) is 9.59 Å². The van der Waals surface area contributed by atoms with Gasteiger partial charge in [0.05, 0.1) is 22.8 Å². The number of hydrogen-bond donors (Lipinski definition) is 0. The predicted molar refractivity (Wildman–Crippen MR) is 92.2 cm³/mol. The quantitative estimate of drug-likeness (QED) is 0.718. The Morgan fingerprint density at radius 2 is 2.04 bits per heavy atom. The summed E-state index contributed by atoms with van der Waals surface area (Å²) in [6.07, 6.45) is 4.36. The summed E-state index contributed by atoms with van der Waals surface area (Å²) in [7, 11) is 0. The van der Waals surface area contributed by atoms with Crippen LogP contribution in [-0.4, -0.2) is 23.6 Å². The first-order valence-corrected chi connectivity index (χ1v) is 8.79. The van der Waals surface area contributed by atoms with Gasteiger partial charge in [0.15, 0.2) is 11.2 Å². The number of hydrogen-bond acceptors (Lipinski definition) is 5. The number of aryl methyl sites for hydroxylation is 1. The molecule has 0 spiro atoms. The van der Waals surface area contributed by atoms with Crippen molar-refractivity contribution in [3.05, 3.63) is 44.8 Å². The van der Waals surface area contributed by atoms with Gasteiger partial charge in [-0.25, -0.2) is 4.79 Å². The summed E-state index contributed by atoms with van der Waals surface area (Å²) >= 11 is 0. The molecule has 3 aliphatic rings. The van der Waals surface area contributed by atoms with Crippen LogP contribution in [-0.2, 0) is 20.7 Å². The molecule has 0 bridgehead atoms. The van der Waals surface area contributed by atoms with Gasteiger partial charge < -0.3 is 13.9 Å². The molecule has 0 radical (unpaired) electrons. The largest absolute Gasteiger partial charge is 0.487 e. The van der Waals surface area contributed by atoms with Gasteiger partial charge >= 0.3 is 5.63 Å². The Bertz CT molecular complexity index is 963. The summed E-state index contributed by atoms with van der Waals surface area (Å²) in [5.41, 5.74) is 0.741. The van der Waals surface area contributed by atoms with Gasteiger partial charge in [-0.15, -0.1) is 0 Å². The summed E-state index contributed by atoms with van der Waals surface area (Å²) in [5.74, 6) is 0.540. The standard InChI is InChI=1S/C20H22O5/c1-5-11-9-14(22)24-19-15(11)18-12(6-7-20(3,4)25-18)17-16(19)13(21)8-10(2)23-17/h6-7,9-10,12,17H,5,8H2,1-4H3. The number of Topliss-reactive ketones (excluding diaryl/α,β-unsaturated/α-hetero) is 1. The van der Waals surface area contributed by atoms with Crippen LogP contribution in [0.3, 0.4) is 0 Å². The Hall–Kier alpha value is -2.14. The topological polar surface area (TPSA) is 65.7 Å². The molecule has 5 heteroatoms. The highest BCUT2D eigenvalue weighted by Gasteiger charge is 2.44.